The van der Waals surface area contributed by atoms with Gasteiger partial charge in [-0.1, -0.05) is 13.0 Å². The molecule has 1 aromatic rings. The zero-order valence-corrected chi connectivity index (χ0v) is 12.8. The first-order valence-corrected chi connectivity index (χ1v) is 6.65. The summed E-state index contributed by atoms with van der Waals surface area (Å²) >= 11 is 0. The number of hydrogen-bond donors (Lipinski definition) is 2. The Bertz CT molecular complexity index is 467. The number of methoxy groups -OCH3 is 1. The highest BCUT2D eigenvalue weighted by Crippen LogP contribution is 2.29. The van der Waals surface area contributed by atoms with Crippen molar-refractivity contribution in [1.29, 1.82) is 0 Å². The molecule has 0 bridgehead atoms. The molecule has 112 valence electrons. The van der Waals surface area contributed by atoms with Crippen LogP contribution in [0.15, 0.2) is 18.2 Å². The predicted molar refractivity (Wildman–Crippen MR) is 80.3 cm³/mol. The molecule has 1 aromatic carbocycles. The summed E-state index contributed by atoms with van der Waals surface area (Å²) in [6.45, 7) is 8.02. The smallest absolute Gasteiger partial charge is 0.412 e. The molecule has 0 aliphatic rings. The maximum absolute atomic E-state index is 11.7. The summed E-state index contributed by atoms with van der Waals surface area (Å²) < 4.78 is 10.5. The van der Waals surface area contributed by atoms with E-state index in [0.29, 0.717) is 18.0 Å². The average molecular weight is 280 g/mol. The van der Waals surface area contributed by atoms with Gasteiger partial charge in [0, 0.05) is 11.8 Å². The van der Waals surface area contributed by atoms with E-state index in [1.807, 2.05) is 39.8 Å². The van der Waals surface area contributed by atoms with Crippen LogP contribution in [0.5, 0.6) is 5.75 Å². The van der Waals surface area contributed by atoms with Gasteiger partial charge < -0.3 is 15.2 Å². The zero-order valence-electron chi connectivity index (χ0n) is 12.8. The van der Waals surface area contributed by atoms with Crippen molar-refractivity contribution in [1.82, 2.24) is 0 Å². The predicted octanol–water partition coefficient (Wildman–Crippen LogP) is 3.10. The Morgan fingerprint density at radius 3 is 2.55 bits per heavy atom. The second-order valence-corrected chi connectivity index (χ2v) is 5.72. The molecule has 5 heteroatoms. The molecular weight excluding hydrogens is 256 g/mol. The number of rotatable bonds is 4. The van der Waals surface area contributed by atoms with E-state index < -0.39 is 11.7 Å². The summed E-state index contributed by atoms with van der Waals surface area (Å²) in [5, 5.41) is 2.68. The molecule has 5 nitrogen and oxygen atoms in total. The Hall–Kier alpha value is -1.75. The van der Waals surface area contributed by atoms with Crippen LogP contribution in [-0.2, 0) is 4.74 Å². The van der Waals surface area contributed by atoms with Crippen molar-refractivity contribution >= 4 is 11.8 Å². The van der Waals surface area contributed by atoms with Crippen molar-refractivity contribution in [3.63, 3.8) is 0 Å². The monoisotopic (exact) mass is 280 g/mol. The van der Waals surface area contributed by atoms with Gasteiger partial charge in [0.25, 0.3) is 0 Å². The van der Waals surface area contributed by atoms with Gasteiger partial charge in [-0.25, -0.2) is 4.79 Å². The third-order valence-corrected chi connectivity index (χ3v) is 2.76. The largest absolute Gasteiger partial charge is 0.496 e. The van der Waals surface area contributed by atoms with Gasteiger partial charge in [-0.15, -0.1) is 0 Å². The fraction of sp³-hybridized carbons (Fsp3) is 0.533. The van der Waals surface area contributed by atoms with E-state index >= 15 is 0 Å². The second-order valence-electron chi connectivity index (χ2n) is 5.72. The first-order chi connectivity index (χ1) is 9.26. The molecule has 1 amide bonds. The lowest BCUT2D eigenvalue weighted by molar-refractivity contribution is 0.0636. The highest BCUT2D eigenvalue weighted by atomic mass is 16.6. The van der Waals surface area contributed by atoms with Gasteiger partial charge in [-0.2, -0.15) is 0 Å². The molecule has 0 saturated heterocycles. The van der Waals surface area contributed by atoms with E-state index in [0.717, 1.165) is 5.56 Å². The Balaban J connectivity index is 2.85. The van der Waals surface area contributed by atoms with Crippen LogP contribution < -0.4 is 15.8 Å². The number of carbonyl (C=O) groups is 1. The van der Waals surface area contributed by atoms with Crippen LogP contribution in [0.25, 0.3) is 0 Å². The minimum atomic E-state index is -0.526. The van der Waals surface area contributed by atoms with E-state index in [1.54, 1.807) is 13.2 Å². The Morgan fingerprint density at radius 2 is 2.05 bits per heavy atom. The molecular formula is C15H24N2O3. The molecule has 0 aliphatic carbocycles. The number of carbonyl (C=O) groups excluding carboxylic acids is 1. The maximum atomic E-state index is 11.7. The van der Waals surface area contributed by atoms with E-state index in [1.165, 1.54) is 0 Å². The molecule has 0 aromatic heterocycles. The summed E-state index contributed by atoms with van der Waals surface area (Å²) in [6, 6.07) is 5.49. The first-order valence-electron chi connectivity index (χ1n) is 6.65. The van der Waals surface area contributed by atoms with Crippen LogP contribution in [0.3, 0.4) is 0 Å². The van der Waals surface area contributed by atoms with Crippen LogP contribution in [0.4, 0.5) is 10.5 Å². The van der Waals surface area contributed by atoms with Gasteiger partial charge >= 0.3 is 6.09 Å². The summed E-state index contributed by atoms with van der Waals surface area (Å²) in [6.07, 6.45) is -0.487. The summed E-state index contributed by atoms with van der Waals surface area (Å²) in [5.74, 6) is 0.900. The minimum absolute atomic E-state index is 0.195. The topological polar surface area (TPSA) is 73.6 Å². The number of benzene rings is 1. The minimum Gasteiger partial charge on any atom is -0.496 e. The van der Waals surface area contributed by atoms with Crippen molar-refractivity contribution in [3.8, 4) is 5.75 Å². The van der Waals surface area contributed by atoms with E-state index in [4.69, 9.17) is 15.2 Å². The van der Waals surface area contributed by atoms with E-state index in [9.17, 15) is 4.79 Å². The Kier molecular flexibility index (Phi) is 5.39. The quantitative estimate of drug-likeness (QED) is 0.888. The van der Waals surface area contributed by atoms with Crippen molar-refractivity contribution < 1.29 is 14.3 Å². The fourth-order valence-electron chi connectivity index (χ4n) is 1.74. The average Bonchev–Trinajstić information content (AvgIpc) is 2.35. The van der Waals surface area contributed by atoms with Gasteiger partial charge in [-0.05, 0) is 44.9 Å². The lowest BCUT2D eigenvalue weighted by Crippen LogP contribution is -2.27. The molecule has 0 spiro atoms. The number of ether oxygens (including phenoxy) is 2. The molecule has 0 heterocycles. The van der Waals surface area contributed by atoms with Gasteiger partial charge in [0.15, 0.2) is 0 Å². The van der Waals surface area contributed by atoms with Gasteiger partial charge in [-0.3, -0.25) is 5.32 Å². The third kappa shape index (κ3) is 4.74. The molecule has 0 saturated carbocycles. The molecule has 0 aliphatic heterocycles. The van der Waals surface area contributed by atoms with Crippen molar-refractivity contribution in [2.75, 3.05) is 19.0 Å². The lowest BCUT2D eigenvalue weighted by atomic mass is 10.00. The third-order valence-electron chi connectivity index (χ3n) is 2.76. The number of amides is 1. The van der Waals surface area contributed by atoms with Gasteiger partial charge in [0.05, 0.1) is 7.11 Å². The van der Waals surface area contributed by atoms with Crippen molar-refractivity contribution in [3.05, 3.63) is 23.8 Å². The summed E-state index contributed by atoms with van der Waals surface area (Å²) in [5.41, 5.74) is 6.79. The SMILES string of the molecule is COc1cc(NC(=O)OC(C)(C)C)ccc1C(C)CN. The standard InChI is InChI=1S/C15H24N2O3/c1-10(9-16)12-7-6-11(8-13(12)19-5)17-14(18)20-15(2,3)4/h6-8,10H,9,16H2,1-5H3,(H,17,18). The molecule has 0 radical (unpaired) electrons. The normalized spacial score (nSPS) is 12.7. The highest BCUT2D eigenvalue weighted by molar-refractivity contribution is 5.85. The Labute approximate surface area is 120 Å². The number of hydrogen-bond acceptors (Lipinski definition) is 4. The van der Waals surface area contributed by atoms with Gasteiger partial charge in [0.2, 0.25) is 0 Å². The van der Waals surface area contributed by atoms with Crippen LogP contribution >= 0.6 is 0 Å². The summed E-state index contributed by atoms with van der Waals surface area (Å²) in [4.78, 5) is 11.7. The fourth-order valence-corrected chi connectivity index (χ4v) is 1.74. The van der Waals surface area contributed by atoms with E-state index in [-0.39, 0.29) is 5.92 Å². The van der Waals surface area contributed by atoms with Crippen LogP contribution in [0, 0.1) is 0 Å². The van der Waals surface area contributed by atoms with Crippen LogP contribution in [0.2, 0.25) is 0 Å². The molecule has 1 unspecified atom stereocenters. The van der Waals surface area contributed by atoms with Gasteiger partial charge in [0.1, 0.15) is 11.4 Å². The Morgan fingerprint density at radius 1 is 1.40 bits per heavy atom. The molecule has 1 atom stereocenters. The summed E-state index contributed by atoms with van der Waals surface area (Å²) in [7, 11) is 1.60. The number of nitrogens with one attached hydrogen (secondary N) is 1. The number of anilines is 1. The lowest BCUT2D eigenvalue weighted by Gasteiger charge is -2.20. The molecule has 20 heavy (non-hydrogen) atoms. The van der Waals surface area contributed by atoms with E-state index in [2.05, 4.69) is 5.32 Å². The van der Waals surface area contributed by atoms with Crippen LogP contribution in [0.1, 0.15) is 39.2 Å². The maximum Gasteiger partial charge on any atom is 0.412 e. The zero-order chi connectivity index (χ0) is 15.3. The van der Waals surface area contributed by atoms with Crippen molar-refractivity contribution in [2.24, 2.45) is 5.73 Å². The van der Waals surface area contributed by atoms with Crippen molar-refractivity contribution in [2.45, 2.75) is 39.2 Å². The van der Waals surface area contributed by atoms with Crippen LogP contribution in [-0.4, -0.2) is 25.3 Å². The number of nitrogens with two attached hydrogens (primary N) is 1. The molecule has 0 fully saturated rings. The molecule has 3 N–H and O–H groups in total. The second kappa shape index (κ2) is 6.61. The molecule has 1 rings (SSSR count). The highest BCUT2D eigenvalue weighted by Gasteiger charge is 2.17. The first kappa shape index (κ1) is 16.3.